The van der Waals surface area contributed by atoms with Gasteiger partial charge in [0.25, 0.3) is 11.7 Å². The van der Waals surface area contributed by atoms with E-state index >= 15 is 0 Å². The SMILES string of the molecule is CCOc1ccc(Cl)c(/C(O)=C2\C(=O)C(=O)N(CC3CCCO3)C2c2ccc(OC)c(O)c2)c1. The Hall–Kier alpha value is -3.23. The van der Waals surface area contributed by atoms with Crippen LogP contribution in [0.1, 0.15) is 36.9 Å². The second-order valence-electron chi connectivity index (χ2n) is 8.09. The Morgan fingerprint density at radius 1 is 1.24 bits per heavy atom. The second-order valence-corrected chi connectivity index (χ2v) is 8.50. The van der Waals surface area contributed by atoms with Crippen molar-refractivity contribution in [3.63, 3.8) is 0 Å². The van der Waals surface area contributed by atoms with Gasteiger partial charge in [-0.2, -0.15) is 0 Å². The molecule has 0 bridgehead atoms. The number of halogens is 1. The van der Waals surface area contributed by atoms with Crippen molar-refractivity contribution < 1.29 is 34.0 Å². The molecule has 0 spiro atoms. The maximum atomic E-state index is 13.2. The molecule has 2 aliphatic heterocycles. The third-order valence-corrected chi connectivity index (χ3v) is 6.32. The van der Waals surface area contributed by atoms with Gasteiger partial charge >= 0.3 is 0 Å². The number of carbonyl (C=O) groups excluding carboxylic acids is 2. The molecule has 4 rings (SSSR count). The summed E-state index contributed by atoms with van der Waals surface area (Å²) in [7, 11) is 1.42. The molecule has 2 fully saturated rings. The van der Waals surface area contributed by atoms with Crippen molar-refractivity contribution in [1.82, 2.24) is 4.90 Å². The van der Waals surface area contributed by atoms with Gasteiger partial charge in [-0.1, -0.05) is 17.7 Å². The predicted molar refractivity (Wildman–Crippen MR) is 125 cm³/mol. The average Bonchev–Trinajstić information content (AvgIpc) is 3.42. The van der Waals surface area contributed by atoms with Crippen LogP contribution in [0.3, 0.4) is 0 Å². The molecule has 2 N–H and O–H groups in total. The first kappa shape index (κ1) is 23.9. The zero-order valence-corrected chi connectivity index (χ0v) is 19.7. The quantitative estimate of drug-likeness (QED) is 0.344. The number of methoxy groups -OCH3 is 1. The lowest BCUT2D eigenvalue weighted by molar-refractivity contribution is -0.140. The summed E-state index contributed by atoms with van der Waals surface area (Å²) < 4.78 is 16.3. The normalized spacial score (nSPS) is 21.8. The number of carbonyl (C=O) groups is 2. The highest BCUT2D eigenvalue weighted by molar-refractivity contribution is 6.47. The fourth-order valence-electron chi connectivity index (χ4n) is 4.39. The monoisotopic (exact) mass is 487 g/mol. The summed E-state index contributed by atoms with van der Waals surface area (Å²) in [6.07, 6.45) is 1.39. The number of Topliss-reactive ketones (excluding diaryl/α,β-unsaturated/α-hetero) is 1. The lowest BCUT2D eigenvalue weighted by atomic mass is 9.94. The first-order valence-electron chi connectivity index (χ1n) is 11.0. The molecule has 1 amide bonds. The number of nitrogens with zero attached hydrogens (tertiary/aromatic N) is 1. The number of ketones is 1. The molecule has 2 aliphatic rings. The molecule has 2 unspecified atom stereocenters. The summed E-state index contributed by atoms with van der Waals surface area (Å²) in [4.78, 5) is 27.7. The highest BCUT2D eigenvalue weighted by atomic mass is 35.5. The zero-order chi connectivity index (χ0) is 24.4. The van der Waals surface area contributed by atoms with Crippen molar-refractivity contribution in [2.75, 3.05) is 26.9 Å². The summed E-state index contributed by atoms with van der Waals surface area (Å²) in [5, 5.41) is 21.9. The van der Waals surface area contributed by atoms with Gasteiger partial charge < -0.3 is 29.3 Å². The molecule has 2 aromatic carbocycles. The van der Waals surface area contributed by atoms with E-state index in [0.717, 1.165) is 12.8 Å². The van der Waals surface area contributed by atoms with Crippen molar-refractivity contribution >= 4 is 29.1 Å². The van der Waals surface area contributed by atoms with E-state index in [0.29, 0.717) is 24.5 Å². The summed E-state index contributed by atoms with van der Waals surface area (Å²) >= 11 is 6.35. The minimum Gasteiger partial charge on any atom is -0.507 e. The van der Waals surface area contributed by atoms with E-state index in [4.69, 9.17) is 25.8 Å². The van der Waals surface area contributed by atoms with Crippen LogP contribution in [0.25, 0.3) is 5.76 Å². The van der Waals surface area contributed by atoms with Crippen LogP contribution in [0.5, 0.6) is 17.2 Å². The van der Waals surface area contributed by atoms with E-state index in [9.17, 15) is 19.8 Å². The number of hydrogen-bond donors (Lipinski definition) is 2. The van der Waals surface area contributed by atoms with Crippen LogP contribution in [0.2, 0.25) is 5.02 Å². The standard InChI is InChI=1S/C25H26ClNO7/c1-3-33-15-7-8-18(26)17(12-15)23(29)21-22(14-6-9-20(32-2)19(28)11-14)27(25(31)24(21)30)13-16-5-4-10-34-16/h6-9,11-12,16,22,28-29H,3-5,10,13H2,1-2H3/b23-21+. The Morgan fingerprint density at radius 2 is 2.03 bits per heavy atom. The minimum atomic E-state index is -0.951. The molecule has 0 aromatic heterocycles. The maximum Gasteiger partial charge on any atom is 0.295 e. The topological polar surface area (TPSA) is 106 Å². The number of hydrogen-bond acceptors (Lipinski definition) is 7. The number of phenolic OH excluding ortho intramolecular Hbond substituents is 1. The molecule has 34 heavy (non-hydrogen) atoms. The zero-order valence-electron chi connectivity index (χ0n) is 18.9. The number of likely N-dealkylation sites (tertiary alicyclic amines) is 1. The van der Waals surface area contributed by atoms with Gasteiger partial charge in [-0.05, 0) is 55.7 Å². The van der Waals surface area contributed by atoms with E-state index < -0.39 is 23.5 Å². The molecule has 2 atom stereocenters. The Morgan fingerprint density at radius 3 is 2.68 bits per heavy atom. The molecule has 2 heterocycles. The van der Waals surface area contributed by atoms with Gasteiger partial charge in [-0.3, -0.25) is 9.59 Å². The number of aliphatic hydroxyl groups is 1. The molecule has 2 saturated heterocycles. The van der Waals surface area contributed by atoms with Crippen LogP contribution in [-0.2, 0) is 14.3 Å². The number of benzene rings is 2. The van der Waals surface area contributed by atoms with Crippen LogP contribution in [0.4, 0.5) is 0 Å². The van der Waals surface area contributed by atoms with E-state index in [2.05, 4.69) is 0 Å². The molecule has 0 radical (unpaired) electrons. The number of aromatic hydroxyl groups is 1. The van der Waals surface area contributed by atoms with Gasteiger partial charge in [0, 0.05) is 18.7 Å². The third kappa shape index (κ3) is 4.43. The van der Waals surface area contributed by atoms with Gasteiger partial charge in [0.1, 0.15) is 11.5 Å². The minimum absolute atomic E-state index is 0.122. The Bertz CT molecular complexity index is 1140. The van der Waals surface area contributed by atoms with Crippen molar-refractivity contribution in [2.45, 2.75) is 31.9 Å². The molecule has 0 aliphatic carbocycles. The number of aliphatic hydroxyl groups excluding tert-OH is 1. The molecule has 180 valence electrons. The van der Waals surface area contributed by atoms with Crippen LogP contribution < -0.4 is 9.47 Å². The molecular weight excluding hydrogens is 462 g/mol. The first-order chi connectivity index (χ1) is 16.3. The van der Waals surface area contributed by atoms with Crippen molar-refractivity contribution in [3.8, 4) is 17.2 Å². The molecule has 8 nitrogen and oxygen atoms in total. The second kappa shape index (κ2) is 9.95. The van der Waals surface area contributed by atoms with E-state index in [1.165, 1.54) is 24.1 Å². The van der Waals surface area contributed by atoms with Crippen molar-refractivity contribution in [1.29, 1.82) is 0 Å². The van der Waals surface area contributed by atoms with Crippen molar-refractivity contribution in [3.05, 3.63) is 58.1 Å². The summed E-state index contributed by atoms with van der Waals surface area (Å²) in [5.74, 6) is -1.46. The van der Waals surface area contributed by atoms with Crippen LogP contribution in [-0.4, -0.2) is 59.8 Å². The van der Waals surface area contributed by atoms with Gasteiger partial charge in [0.05, 0.1) is 36.5 Å². The average molecular weight is 488 g/mol. The fourth-order valence-corrected chi connectivity index (χ4v) is 4.59. The maximum absolute atomic E-state index is 13.2. The molecule has 9 heteroatoms. The molecule has 2 aromatic rings. The Balaban J connectivity index is 1.86. The van der Waals surface area contributed by atoms with Gasteiger partial charge in [-0.15, -0.1) is 0 Å². The number of amides is 1. The summed E-state index contributed by atoms with van der Waals surface area (Å²) in [6, 6.07) is 8.38. The first-order valence-corrected chi connectivity index (χ1v) is 11.4. The highest BCUT2D eigenvalue weighted by Crippen LogP contribution is 2.43. The molecule has 0 saturated carbocycles. The Labute approximate surface area is 202 Å². The predicted octanol–water partition coefficient (Wildman–Crippen LogP) is 4.05. The van der Waals surface area contributed by atoms with Gasteiger partial charge in [-0.25, -0.2) is 0 Å². The fraction of sp³-hybridized carbons (Fsp3) is 0.360. The largest absolute Gasteiger partial charge is 0.507 e. The summed E-state index contributed by atoms with van der Waals surface area (Å²) in [6.45, 7) is 2.98. The lowest BCUT2D eigenvalue weighted by Crippen LogP contribution is -2.36. The number of rotatable bonds is 7. The van der Waals surface area contributed by atoms with Gasteiger partial charge in [0.2, 0.25) is 0 Å². The molecular formula is C25H26ClNO7. The Kier molecular flexibility index (Phi) is 7.00. The van der Waals surface area contributed by atoms with E-state index in [1.807, 2.05) is 6.92 Å². The van der Waals surface area contributed by atoms with Crippen LogP contribution in [0, 0.1) is 0 Å². The van der Waals surface area contributed by atoms with Crippen molar-refractivity contribution in [2.24, 2.45) is 0 Å². The number of phenols is 1. The van der Waals surface area contributed by atoms with E-state index in [1.54, 1.807) is 24.3 Å². The third-order valence-electron chi connectivity index (χ3n) is 5.99. The lowest BCUT2D eigenvalue weighted by Gasteiger charge is -2.27. The van der Waals surface area contributed by atoms with Gasteiger partial charge in [0.15, 0.2) is 11.5 Å². The van der Waals surface area contributed by atoms with E-state index in [-0.39, 0.29) is 40.3 Å². The smallest absolute Gasteiger partial charge is 0.295 e. The summed E-state index contributed by atoms with van der Waals surface area (Å²) in [5.41, 5.74) is 0.489. The van der Waals surface area contributed by atoms with Crippen LogP contribution in [0.15, 0.2) is 42.0 Å². The van der Waals surface area contributed by atoms with Crippen LogP contribution >= 0.6 is 11.6 Å². The number of ether oxygens (including phenoxy) is 3. The highest BCUT2D eigenvalue weighted by Gasteiger charge is 2.47.